The Kier molecular flexibility index (Phi) is 6.70. The summed E-state index contributed by atoms with van der Waals surface area (Å²) in [6, 6.07) is 10.5. The van der Waals surface area contributed by atoms with Crippen LogP contribution in [0.15, 0.2) is 42.5 Å². The Morgan fingerprint density at radius 1 is 1.07 bits per heavy atom. The molecule has 0 aromatic heterocycles. The van der Waals surface area contributed by atoms with E-state index in [0.29, 0.717) is 11.5 Å². The summed E-state index contributed by atoms with van der Waals surface area (Å²) in [5.41, 5.74) is 0.624. The Balaban J connectivity index is 1.90. The summed E-state index contributed by atoms with van der Waals surface area (Å²) in [6.07, 6.45) is 0. The van der Waals surface area contributed by atoms with Crippen LogP contribution in [0.1, 0.15) is 15.9 Å². The van der Waals surface area contributed by atoms with E-state index in [4.69, 9.17) is 9.47 Å². The van der Waals surface area contributed by atoms with Crippen LogP contribution in [0, 0.1) is 10.1 Å². The van der Waals surface area contributed by atoms with Crippen molar-refractivity contribution in [3.8, 4) is 11.5 Å². The standard InChI is InChI=1S/C18H19N3O6/c1-26-15-6-7-16(27-2)13(9-15)10-19-17(22)11-20-18(23)12-4-3-5-14(8-12)21(24)25/h3-9H,10-11H2,1-2H3,(H,19,22)(H,20,23). The summed E-state index contributed by atoms with van der Waals surface area (Å²) in [6.45, 7) is -0.0836. The number of benzene rings is 2. The highest BCUT2D eigenvalue weighted by molar-refractivity contribution is 5.96. The largest absolute Gasteiger partial charge is 0.497 e. The molecule has 0 saturated heterocycles. The molecule has 0 heterocycles. The van der Waals surface area contributed by atoms with Crippen LogP contribution in [0.4, 0.5) is 5.69 Å². The number of nitrogens with one attached hydrogen (secondary N) is 2. The molecule has 2 aromatic carbocycles. The Morgan fingerprint density at radius 2 is 1.85 bits per heavy atom. The van der Waals surface area contributed by atoms with Crippen LogP contribution in [0.3, 0.4) is 0 Å². The first kappa shape index (κ1) is 19.7. The molecule has 9 heteroatoms. The zero-order valence-electron chi connectivity index (χ0n) is 14.9. The van der Waals surface area contributed by atoms with Gasteiger partial charge in [-0.05, 0) is 24.3 Å². The van der Waals surface area contributed by atoms with E-state index >= 15 is 0 Å². The zero-order valence-corrected chi connectivity index (χ0v) is 14.9. The SMILES string of the molecule is COc1ccc(OC)c(CNC(=O)CNC(=O)c2cccc([N+](=O)[O-])c2)c1. The van der Waals surface area contributed by atoms with Gasteiger partial charge in [-0.1, -0.05) is 6.07 Å². The number of ether oxygens (including phenoxy) is 2. The lowest BCUT2D eigenvalue weighted by molar-refractivity contribution is -0.384. The number of carbonyl (C=O) groups excluding carboxylic acids is 2. The van der Waals surface area contributed by atoms with Crippen LogP contribution in [-0.4, -0.2) is 37.5 Å². The van der Waals surface area contributed by atoms with Gasteiger partial charge in [0.1, 0.15) is 11.5 Å². The molecule has 0 aliphatic rings. The minimum atomic E-state index is -0.592. The highest BCUT2D eigenvalue weighted by Gasteiger charge is 2.13. The van der Waals surface area contributed by atoms with E-state index in [2.05, 4.69) is 10.6 Å². The molecular formula is C18H19N3O6. The molecule has 0 bridgehead atoms. The van der Waals surface area contributed by atoms with Crippen molar-refractivity contribution in [3.63, 3.8) is 0 Å². The molecular weight excluding hydrogens is 354 g/mol. The van der Waals surface area contributed by atoms with Crippen molar-refractivity contribution < 1.29 is 24.0 Å². The van der Waals surface area contributed by atoms with Gasteiger partial charge in [0.15, 0.2) is 0 Å². The van der Waals surface area contributed by atoms with Gasteiger partial charge >= 0.3 is 0 Å². The summed E-state index contributed by atoms with van der Waals surface area (Å²) < 4.78 is 10.4. The number of hydrogen-bond acceptors (Lipinski definition) is 6. The summed E-state index contributed by atoms with van der Waals surface area (Å²) in [5, 5.41) is 15.8. The lowest BCUT2D eigenvalue weighted by Gasteiger charge is -2.12. The van der Waals surface area contributed by atoms with E-state index in [9.17, 15) is 19.7 Å². The van der Waals surface area contributed by atoms with E-state index in [1.165, 1.54) is 32.4 Å². The number of amides is 2. The molecule has 0 fully saturated rings. The molecule has 9 nitrogen and oxygen atoms in total. The van der Waals surface area contributed by atoms with Crippen LogP contribution in [-0.2, 0) is 11.3 Å². The molecule has 0 aliphatic heterocycles. The smallest absolute Gasteiger partial charge is 0.270 e. The highest BCUT2D eigenvalue weighted by atomic mass is 16.6. The van der Waals surface area contributed by atoms with Gasteiger partial charge in [-0.25, -0.2) is 0 Å². The van der Waals surface area contributed by atoms with E-state index in [0.717, 1.165) is 11.6 Å². The summed E-state index contributed by atoms with van der Waals surface area (Å²) in [4.78, 5) is 34.2. The number of non-ortho nitro benzene ring substituents is 1. The molecule has 0 atom stereocenters. The molecule has 142 valence electrons. The average Bonchev–Trinajstić information content (AvgIpc) is 2.70. The molecule has 0 spiro atoms. The van der Waals surface area contributed by atoms with Crippen molar-refractivity contribution in [1.82, 2.24) is 10.6 Å². The second-order valence-corrected chi connectivity index (χ2v) is 5.44. The number of rotatable bonds is 8. The maximum Gasteiger partial charge on any atom is 0.270 e. The van der Waals surface area contributed by atoms with Gasteiger partial charge in [0, 0.05) is 29.8 Å². The lowest BCUT2D eigenvalue weighted by atomic mass is 10.2. The van der Waals surface area contributed by atoms with E-state index < -0.39 is 16.7 Å². The van der Waals surface area contributed by atoms with Gasteiger partial charge < -0.3 is 20.1 Å². The zero-order chi connectivity index (χ0) is 19.8. The van der Waals surface area contributed by atoms with Gasteiger partial charge in [0.25, 0.3) is 11.6 Å². The third-order valence-corrected chi connectivity index (χ3v) is 3.69. The monoisotopic (exact) mass is 373 g/mol. The van der Waals surface area contributed by atoms with Crippen molar-refractivity contribution >= 4 is 17.5 Å². The predicted molar refractivity (Wildman–Crippen MR) is 96.8 cm³/mol. The number of nitro benzene ring substituents is 1. The maximum absolute atomic E-state index is 12.0. The van der Waals surface area contributed by atoms with Crippen molar-refractivity contribution in [2.24, 2.45) is 0 Å². The molecule has 2 rings (SSSR count). The number of nitro groups is 1. The summed E-state index contributed by atoms with van der Waals surface area (Å²) in [5.74, 6) is 0.224. The Bertz CT molecular complexity index is 853. The number of hydrogen-bond donors (Lipinski definition) is 2. The van der Waals surface area contributed by atoms with E-state index in [-0.39, 0.29) is 24.3 Å². The first-order chi connectivity index (χ1) is 12.9. The molecule has 0 unspecified atom stereocenters. The normalized spacial score (nSPS) is 10.0. The second kappa shape index (κ2) is 9.18. The van der Waals surface area contributed by atoms with Crippen molar-refractivity contribution in [1.29, 1.82) is 0 Å². The lowest BCUT2D eigenvalue weighted by Crippen LogP contribution is -2.36. The van der Waals surface area contributed by atoms with Crippen LogP contribution in [0.5, 0.6) is 11.5 Å². The topological polar surface area (TPSA) is 120 Å². The molecule has 27 heavy (non-hydrogen) atoms. The van der Waals surface area contributed by atoms with Gasteiger partial charge in [-0.15, -0.1) is 0 Å². The second-order valence-electron chi connectivity index (χ2n) is 5.44. The highest BCUT2D eigenvalue weighted by Crippen LogP contribution is 2.23. The number of nitrogens with zero attached hydrogens (tertiary/aromatic N) is 1. The van der Waals surface area contributed by atoms with Crippen LogP contribution < -0.4 is 20.1 Å². The van der Waals surface area contributed by atoms with Gasteiger partial charge in [-0.3, -0.25) is 19.7 Å². The van der Waals surface area contributed by atoms with Crippen molar-refractivity contribution in [3.05, 3.63) is 63.7 Å². The first-order valence-electron chi connectivity index (χ1n) is 7.95. The fraction of sp³-hybridized carbons (Fsp3) is 0.222. The van der Waals surface area contributed by atoms with Gasteiger partial charge in [0.2, 0.25) is 5.91 Å². The fourth-order valence-electron chi connectivity index (χ4n) is 2.30. The Labute approximate surface area is 155 Å². The summed E-state index contributed by atoms with van der Waals surface area (Å²) >= 11 is 0. The first-order valence-corrected chi connectivity index (χ1v) is 7.95. The number of carbonyl (C=O) groups is 2. The molecule has 2 amide bonds. The minimum Gasteiger partial charge on any atom is -0.497 e. The van der Waals surface area contributed by atoms with E-state index in [1.54, 1.807) is 18.2 Å². The molecule has 0 saturated carbocycles. The van der Waals surface area contributed by atoms with Crippen LogP contribution >= 0.6 is 0 Å². The molecule has 2 N–H and O–H groups in total. The molecule has 0 radical (unpaired) electrons. The third-order valence-electron chi connectivity index (χ3n) is 3.69. The predicted octanol–water partition coefficient (Wildman–Crippen LogP) is 1.66. The Morgan fingerprint density at radius 3 is 2.52 bits per heavy atom. The maximum atomic E-state index is 12.0. The minimum absolute atomic E-state index is 0.103. The summed E-state index contributed by atoms with van der Waals surface area (Å²) in [7, 11) is 3.06. The molecule has 0 aliphatic carbocycles. The number of methoxy groups -OCH3 is 2. The van der Waals surface area contributed by atoms with Crippen molar-refractivity contribution in [2.75, 3.05) is 20.8 Å². The quantitative estimate of drug-likeness (QED) is 0.536. The van der Waals surface area contributed by atoms with Gasteiger partial charge in [0.05, 0.1) is 25.7 Å². The van der Waals surface area contributed by atoms with Crippen molar-refractivity contribution in [2.45, 2.75) is 6.54 Å². The average molecular weight is 373 g/mol. The fourth-order valence-corrected chi connectivity index (χ4v) is 2.30. The van der Waals surface area contributed by atoms with Crippen LogP contribution in [0.2, 0.25) is 0 Å². The Hall–Kier alpha value is -3.62. The van der Waals surface area contributed by atoms with E-state index in [1.807, 2.05) is 0 Å². The third kappa shape index (κ3) is 5.43. The molecule has 2 aromatic rings. The van der Waals surface area contributed by atoms with Crippen LogP contribution in [0.25, 0.3) is 0 Å². The van der Waals surface area contributed by atoms with Gasteiger partial charge in [-0.2, -0.15) is 0 Å².